The van der Waals surface area contributed by atoms with E-state index in [1.165, 1.54) is 29.2 Å². The highest BCUT2D eigenvalue weighted by Gasteiger charge is 2.32. The van der Waals surface area contributed by atoms with Crippen molar-refractivity contribution in [2.24, 2.45) is 0 Å². The zero-order valence-electron chi connectivity index (χ0n) is 17.3. The molecule has 0 aromatic heterocycles. The summed E-state index contributed by atoms with van der Waals surface area (Å²) in [6.45, 7) is 0.0117. The normalized spacial score (nSPS) is 14.3. The first-order chi connectivity index (χ1) is 15.8. The summed E-state index contributed by atoms with van der Waals surface area (Å²) in [6.07, 6.45) is 1.56. The predicted molar refractivity (Wildman–Crippen MR) is 126 cm³/mol. The molecule has 0 radical (unpaired) electrons. The van der Waals surface area contributed by atoms with Crippen molar-refractivity contribution < 1.29 is 24.0 Å². The number of nitrogens with one attached hydrogen (secondary N) is 2. The van der Waals surface area contributed by atoms with Crippen molar-refractivity contribution in [2.45, 2.75) is 6.42 Å². The van der Waals surface area contributed by atoms with Crippen LogP contribution in [0.25, 0.3) is 6.08 Å². The van der Waals surface area contributed by atoms with Gasteiger partial charge in [0.25, 0.3) is 17.5 Å². The van der Waals surface area contributed by atoms with Gasteiger partial charge in [-0.25, -0.2) is 0 Å². The highest BCUT2D eigenvalue weighted by atomic mass is 32.2. The van der Waals surface area contributed by atoms with Crippen LogP contribution in [-0.2, 0) is 9.59 Å². The molecule has 0 bridgehead atoms. The minimum absolute atomic E-state index is 0.0117. The number of rotatable bonds is 7. The minimum atomic E-state index is -0.830. The van der Waals surface area contributed by atoms with Crippen LogP contribution in [-0.4, -0.2) is 45.5 Å². The van der Waals surface area contributed by atoms with Crippen LogP contribution in [0.15, 0.2) is 53.4 Å². The molecule has 12 heteroatoms. The molecule has 0 atom stereocenters. The monoisotopic (exact) mass is 486 g/mol. The van der Waals surface area contributed by atoms with E-state index in [0.29, 0.717) is 15.0 Å². The molecule has 0 unspecified atom stereocenters. The Kier molecular flexibility index (Phi) is 7.74. The Bertz CT molecular complexity index is 1150. The second kappa shape index (κ2) is 10.7. The van der Waals surface area contributed by atoms with Gasteiger partial charge in [-0.2, -0.15) is 0 Å². The molecule has 2 aromatic rings. The molecule has 1 aliphatic heterocycles. The van der Waals surface area contributed by atoms with Crippen molar-refractivity contribution in [1.29, 1.82) is 0 Å². The number of ether oxygens (including phenoxy) is 1. The van der Waals surface area contributed by atoms with E-state index in [4.69, 9.17) is 17.0 Å². The number of thioether (sulfide) groups is 1. The zero-order chi connectivity index (χ0) is 24.0. The van der Waals surface area contributed by atoms with Crippen LogP contribution in [0.4, 0.5) is 5.69 Å². The fourth-order valence-electron chi connectivity index (χ4n) is 2.84. The second-order valence-corrected chi connectivity index (χ2v) is 8.31. The predicted octanol–water partition coefficient (Wildman–Crippen LogP) is 2.66. The number of carbonyl (C=O) groups excluding carboxylic acids is 3. The van der Waals surface area contributed by atoms with E-state index in [0.717, 1.165) is 17.3 Å². The van der Waals surface area contributed by atoms with Gasteiger partial charge in [0.15, 0.2) is 0 Å². The van der Waals surface area contributed by atoms with Crippen molar-refractivity contribution in [3.8, 4) is 5.75 Å². The zero-order valence-corrected chi connectivity index (χ0v) is 18.9. The topological polar surface area (TPSA) is 131 Å². The third kappa shape index (κ3) is 5.93. The van der Waals surface area contributed by atoms with Crippen molar-refractivity contribution in [2.75, 3.05) is 13.7 Å². The molecule has 0 aliphatic carbocycles. The molecule has 0 saturated carbocycles. The largest absolute Gasteiger partial charge is 0.497 e. The lowest BCUT2D eigenvalue weighted by Gasteiger charge is -2.14. The summed E-state index contributed by atoms with van der Waals surface area (Å²) in [4.78, 5) is 49.0. The molecule has 0 spiro atoms. The lowest BCUT2D eigenvalue weighted by Crippen LogP contribution is -2.43. The van der Waals surface area contributed by atoms with Gasteiger partial charge in [-0.3, -0.25) is 40.2 Å². The number of nitrogens with zero attached hydrogens (tertiary/aromatic N) is 2. The maximum Gasteiger partial charge on any atom is 0.282 e. The van der Waals surface area contributed by atoms with Gasteiger partial charge in [-0.1, -0.05) is 48.2 Å². The lowest BCUT2D eigenvalue weighted by atomic mass is 10.2. The fraction of sp³-hybridized carbons (Fsp3) is 0.143. The minimum Gasteiger partial charge on any atom is -0.497 e. The van der Waals surface area contributed by atoms with E-state index in [2.05, 4.69) is 10.9 Å². The second-order valence-electron chi connectivity index (χ2n) is 6.63. The SMILES string of the molecule is COc1ccc(C=C2SC(=S)N(CCC(=O)NNC(=O)c3ccccc3[N+](=O)[O-])C2=O)cc1. The quantitative estimate of drug-likeness (QED) is 0.264. The molecular formula is C21H18N4O6S2. The number of para-hydroxylation sites is 1. The Hall–Kier alpha value is -3.77. The highest BCUT2D eigenvalue weighted by Crippen LogP contribution is 2.32. The molecule has 3 amide bonds. The Morgan fingerprint density at radius 3 is 2.55 bits per heavy atom. The maximum absolute atomic E-state index is 12.7. The number of thiocarbonyl (C=S) groups is 1. The van der Waals surface area contributed by atoms with Gasteiger partial charge in [0, 0.05) is 19.0 Å². The fourth-order valence-corrected chi connectivity index (χ4v) is 4.15. The Balaban J connectivity index is 1.54. The van der Waals surface area contributed by atoms with Crippen LogP contribution in [0.3, 0.4) is 0 Å². The summed E-state index contributed by atoms with van der Waals surface area (Å²) in [6, 6.07) is 12.5. The number of benzene rings is 2. The Morgan fingerprint density at radius 2 is 1.88 bits per heavy atom. The van der Waals surface area contributed by atoms with Crippen LogP contribution in [0.5, 0.6) is 5.75 Å². The smallest absolute Gasteiger partial charge is 0.282 e. The molecule has 10 nitrogen and oxygen atoms in total. The number of hydrazine groups is 1. The number of carbonyl (C=O) groups is 3. The van der Waals surface area contributed by atoms with Gasteiger partial charge in [-0.05, 0) is 29.8 Å². The van der Waals surface area contributed by atoms with Gasteiger partial charge in [-0.15, -0.1) is 0 Å². The molecular weight excluding hydrogens is 468 g/mol. The Morgan fingerprint density at radius 1 is 1.18 bits per heavy atom. The molecule has 2 N–H and O–H groups in total. The summed E-state index contributed by atoms with van der Waals surface area (Å²) < 4.78 is 5.43. The van der Waals surface area contributed by atoms with E-state index >= 15 is 0 Å². The van der Waals surface area contributed by atoms with E-state index in [1.807, 2.05) is 0 Å². The summed E-state index contributed by atoms with van der Waals surface area (Å²) in [5.74, 6) is -1.05. The van der Waals surface area contributed by atoms with Gasteiger partial charge in [0.2, 0.25) is 5.91 Å². The average molecular weight is 487 g/mol. The molecule has 170 valence electrons. The van der Waals surface area contributed by atoms with E-state index in [1.54, 1.807) is 37.5 Å². The number of hydrogen-bond acceptors (Lipinski definition) is 8. The summed E-state index contributed by atoms with van der Waals surface area (Å²) in [7, 11) is 1.56. The van der Waals surface area contributed by atoms with Gasteiger partial charge in [0.05, 0.1) is 16.9 Å². The molecule has 1 fully saturated rings. The first-order valence-corrected chi connectivity index (χ1v) is 10.7. The van der Waals surface area contributed by atoms with Crippen molar-refractivity contribution in [1.82, 2.24) is 15.8 Å². The average Bonchev–Trinajstić information content (AvgIpc) is 3.08. The number of amides is 3. The maximum atomic E-state index is 12.7. The van der Waals surface area contributed by atoms with Crippen LogP contribution >= 0.6 is 24.0 Å². The van der Waals surface area contributed by atoms with Crippen LogP contribution in [0.2, 0.25) is 0 Å². The molecule has 2 aromatic carbocycles. The van der Waals surface area contributed by atoms with Gasteiger partial charge < -0.3 is 4.74 Å². The number of nitro benzene ring substituents is 1. The molecule has 1 saturated heterocycles. The van der Waals surface area contributed by atoms with Crippen molar-refractivity contribution in [3.05, 3.63) is 74.7 Å². The first kappa shape index (κ1) is 23.9. The summed E-state index contributed by atoms with van der Waals surface area (Å²) in [5.41, 5.74) is 4.55. The molecule has 1 heterocycles. The van der Waals surface area contributed by atoms with Crippen LogP contribution in [0.1, 0.15) is 22.3 Å². The Labute approximate surface area is 198 Å². The van der Waals surface area contributed by atoms with Crippen molar-refractivity contribution >= 4 is 57.8 Å². The van der Waals surface area contributed by atoms with Crippen LogP contribution < -0.4 is 15.6 Å². The third-order valence-corrected chi connectivity index (χ3v) is 5.89. The molecule has 1 aliphatic rings. The summed E-state index contributed by atoms with van der Waals surface area (Å²) in [5, 5.41) is 11.0. The van der Waals surface area contributed by atoms with Crippen molar-refractivity contribution in [3.63, 3.8) is 0 Å². The van der Waals surface area contributed by atoms with E-state index in [9.17, 15) is 24.5 Å². The number of hydrogen-bond donors (Lipinski definition) is 2. The summed E-state index contributed by atoms with van der Waals surface area (Å²) >= 11 is 6.38. The lowest BCUT2D eigenvalue weighted by molar-refractivity contribution is -0.385. The highest BCUT2D eigenvalue weighted by molar-refractivity contribution is 8.26. The standard InChI is InChI=1S/C21H18N4O6S2/c1-31-14-8-6-13(7-9-14)12-17-20(28)24(21(32)33-17)11-10-18(26)22-23-19(27)15-4-2-3-5-16(15)25(29)30/h2-9,12H,10-11H2,1H3,(H,22,26)(H,23,27). The third-order valence-electron chi connectivity index (χ3n) is 4.51. The van der Waals surface area contributed by atoms with Crippen LogP contribution in [0, 0.1) is 10.1 Å². The first-order valence-electron chi connectivity index (χ1n) is 9.52. The number of methoxy groups -OCH3 is 1. The van der Waals surface area contributed by atoms with Gasteiger partial charge in [0.1, 0.15) is 15.6 Å². The number of nitro groups is 1. The molecule has 3 rings (SSSR count). The van der Waals surface area contributed by atoms with E-state index < -0.39 is 16.7 Å². The van der Waals surface area contributed by atoms with E-state index in [-0.39, 0.29) is 30.1 Å². The van der Waals surface area contributed by atoms with Gasteiger partial charge >= 0.3 is 0 Å². The molecule has 33 heavy (non-hydrogen) atoms.